The molecule has 204 valence electrons. The van der Waals surface area contributed by atoms with Gasteiger partial charge < -0.3 is 34.6 Å². The number of nitrogens with one attached hydrogen (secondary N) is 2. The van der Waals surface area contributed by atoms with Crippen molar-refractivity contribution >= 4 is 35.3 Å². The number of carbonyl (C=O) groups excluding carboxylic acids is 2. The Labute approximate surface area is 226 Å². The smallest absolute Gasteiger partial charge is 0.337 e. The highest BCUT2D eigenvalue weighted by atomic mass is 16.5. The first kappa shape index (κ1) is 26.3. The first-order valence-electron chi connectivity index (χ1n) is 12.9. The van der Waals surface area contributed by atoms with Gasteiger partial charge in [-0.05, 0) is 55.0 Å². The fourth-order valence-corrected chi connectivity index (χ4v) is 4.28. The van der Waals surface area contributed by atoms with Gasteiger partial charge in [-0.1, -0.05) is 0 Å². The standard InChI is InChI=1S/C27H31N7O5/c1-37-24(35)20-5-9-22(10-6-20)29-27(36)28-21-7-3-19(4-8-21)23-30-25(33-11-2-15-38-16-12-33)32-26(31-23)34-13-17-39-18-14-34/h3-10H,2,11-18H2,1H3,(H2,28,29,36). The number of rotatable bonds is 6. The van der Waals surface area contributed by atoms with Crippen molar-refractivity contribution in [3.63, 3.8) is 0 Å². The minimum Gasteiger partial charge on any atom is -0.465 e. The van der Waals surface area contributed by atoms with Gasteiger partial charge in [0.25, 0.3) is 0 Å². The number of nitrogens with zero attached hydrogens (tertiary/aromatic N) is 5. The maximum absolute atomic E-state index is 12.5. The molecule has 39 heavy (non-hydrogen) atoms. The van der Waals surface area contributed by atoms with Crippen LogP contribution in [0, 0.1) is 0 Å². The highest BCUT2D eigenvalue weighted by Crippen LogP contribution is 2.24. The highest BCUT2D eigenvalue weighted by Gasteiger charge is 2.21. The van der Waals surface area contributed by atoms with Gasteiger partial charge in [-0.2, -0.15) is 15.0 Å². The van der Waals surface area contributed by atoms with E-state index in [1.54, 1.807) is 36.4 Å². The summed E-state index contributed by atoms with van der Waals surface area (Å²) >= 11 is 0. The number of carbonyl (C=O) groups is 2. The monoisotopic (exact) mass is 533 g/mol. The van der Waals surface area contributed by atoms with Crippen molar-refractivity contribution in [2.24, 2.45) is 0 Å². The van der Waals surface area contributed by atoms with E-state index < -0.39 is 12.0 Å². The molecule has 2 saturated heterocycles. The first-order valence-corrected chi connectivity index (χ1v) is 12.9. The number of ether oxygens (including phenoxy) is 3. The van der Waals surface area contributed by atoms with Crippen LogP contribution in [0.3, 0.4) is 0 Å². The van der Waals surface area contributed by atoms with Crippen LogP contribution in [0.5, 0.6) is 0 Å². The fourth-order valence-electron chi connectivity index (χ4n) is 4.28. The second kappa shape index (κ2) is 12.5. The van der Waals surface area contributed by atoms with Gasteiger partial charge in [0.05, 0.1) is 32.5 Å². The lowest BCUT2D eigenvalue weighted by molar-refractivity contribution is 0.0600. The summed E-state index contributed by atoms with van der Waals surface area (Å²) < 4.78 is 15.8. The van der Waals surface area contributed by atoms with Gasteiger partial charge >= 0.3 is 12.0 Å². The summed E-state index contributed by atoms with van der Waals surface area (Å²) in [5.74, 6) is 1.39. The van der Waals surface area contributed by atoms with Gasteiger partial charge in [0, 0.05) is 49.7 Å². The molecule has 2 aliphatic rings. The van der Waals surface area contributed by atoms with E-state index in [4.69, 9.17) is 29.2 Å². The number of urea groups is 1. The molecule has 2 aliphatic heterocycles. The van der Waals surface area contributed by atoms with Crippen molar-refractivity contribution in [3.8, 4) is 11.4 Å². The van der Waals surface area contributed by atoms with Crippen molar-refractivity contribution in [2.45, 2.75) is 6.42 Å². The van der Waals surface area contributed by atoms with Gasteiger partial charge in [-0.15, -0.1) is 0 Å². The zero-order valence-electron chi connectivity index (χ0n) is 21.8. The summed E-state index contributed by atoms with van der Waals surface area (Å²) in [5.41, 5.74) is 2.36. The number of hydrogen-bond donors (Lipinski definition) is 2. The van der Waals surface area contributed by atoms with Gasteiger partial charge in [-0.3, -0.25) is 0 Å². The maximum Gasteiger partial charge on any atom is 0.337 e. The number of morpholine rings is 1. The average Bonchev–Trinajstić information content (AvgIpc) is 3.28. The third kappa shape index (κ3) is 6.78. The number of amides is 2. The molecule has 3 heterocycles. The van der Waals surface area contributed by atoms with Crippen LogP contribution in [0.4, 0.5) is 28.1 Å². The van der Waals surface area contributed by atoms with Crippen LogP contribution in [-0.4, -0.2) is 86.7 Å². The van der Waals surface area contributed by atoms with Gasteiger partial charge in [0.2, 0.25) is 11.9 Å². The molecular formula is C27H31N7O5. The van der Waals surface area contributed by atoms with E-state index in [0.717, 1.165) is 44.8 Å². The second-order valence-electron chi connectivity index (χ2n) is 9.04. The minimum atomic E-state index is -0.436. The third-order valence-electron chi connectivity index (χ3n) is 6.38. The number of esters is 1. The summed E-state index contributed by atoms with van der Waals surface area (Å²) in [6.45, 7) is 5.59. The molecule has 0 aliphatic carbocycles. The maximum atomic E-state index is 12.5. The summed E-state index contributed by atoms with van der Waals surface area (Å²) in [5, 5.41) is 5.56. The number of hydrogen-bond acceptors (Lipinski definition) is 10. The lowest BCUT2D eigenvalue weighted by Crippen LogP contribution is -2.38. The Hall–Kier alpha value is -4.29. The molecule has 2 fully saturated rings. The number of aromatic nitrogens is 3. The van der Waals surface area contributed by atoms with Crippen molar-refractivity contribution in [2.75, 3.05) is 80.1 Å². The highest BCUT2D eigenvalue weighted by molar-refractivity contribution is 6.00. The molecule has 0 spiro atoms. The van der Waals surface area contributed by atoms with Crippen LogP contribution in [0.25, 0.3) is 11.4 Å². The third-order valence-corrected chi connectivity index (χ3v) is 6.38. The zero-order chi connectivity index (χ0) is 27.0. The lowest BCUT2D eigenvalue weighted by atomic mass is 10.2. The summed E-state index contributed by atoms with van der Waals surface area (Å²) in [6.07, 6.45) is 0.908. The van der Waals surface area contributed by atoms with Crippen LogP contribution >= 0.6 is 0 Å². The summed E-state index contributed by atoms with van der Waals surface area (Å²) in [6, 6.07) is 13.4. The molecule has 2 amide bonds. The molecule has 2 aromatic carbocycles. The second-order valence-corrected chi connectivity index (χ2v) is 9.04. The van der Waals surface area contributed by atoms with Gasteiger partial charge in [0.1, 0.15) is 0 Å². The van der Waals surface area contributed by atoms with Gasteiger partial charge in [-0.25, -0.2) is 9.59 Å². The quantitative estimate of drug-likeness (QED) is 0.456. The Bertz CT molecular complexity index is 1270. The molecule has 0 atom stereocenters. The van der Waals surface area contributed by atoms with Gasteiger partial charge in [0.15, 0.2) is 5.82 Å². The largest absolute Gasteiger partial charge is 0.465 e. The number of benzene rings is 2. The molecule has 0 saturated carbocycles. The Morgan fingerprint density at radius 1 is 0.744 bits per heavy atom. The predicted molar refractivity (Wildman–Crippen MR) is 146 cm³/mol. The Morgan fingerprint density at radius 2 is 1.28 bits per heavy atom. The Morgan fingerprint density at radius 3 is 1.87 bits per heavy atom. The Balaban J connectivity index is 1.30. The van der Waals surface area contributed by atoms with Crippen LogP contribution in [-0.2, 0) is 14.2 Å². The SMILES string of the molecule is COC(=O)c1ccc(NC(=O)Nc2ccc(-c3nc(N4CCCOCC4)nc(N4CCOCC4)n3)cc2)cc1. The Kier molecular flexibility index (Phi) is 8.44. The molecular weight excluding hydrogens is 502 g/mol. The molecule has 5 rings (SSSR count). The molecule has 0 bridgehead atoms. The van der Waals surface area contributed by atoms with Crippen molar-refractivity contribution in [3.05, 3.63) is 54.1 Å². The topological polar surface area (TPSA) is 131 Å². The fraction of sp³-hybridized carbons (Fsp3) is 0.370. The van der Waals surface area contributed by atoms with Crippen LogP contribution in [0.15, 0.2) is 48.5 Å². The summed E-state index contributed by atoms with van der Waals surface area (Å²) in [4.78, 5) is 42.7. The van der Waals surface area contributed by atoms with E-state index in [-0.39, 0.29) is 0 Å². The van der Waals surface area contributed by atoms with Crippen molar-refractivity contribution < 1.29 is 23.8 Å². The number of anilines is 4. The summed E-state index contributed by atoms with van der Waals surface area (Å²) in [7, 11) is 1.32. The van der Waals surface area contributed by atoms with E-state index in [0.29, 0.717) is 54.5 Å². The van der Waals surface area contributed by atoms with Crippen LogP contribution in [0.1, 0.15) is 16.8 Å². The molecule has 2 N–H and O–H groups in total. The van der Waals surface area contributed by atoms with E-state index in [2.05, 4.69) is 20.4 Å². The zero-order valence-corrected chi connectivity index (χ0v) is 21.8. The van der Waals surface area contributed by atoms with E-state index in [1.165, 1.54) is 7.11 Å². The predicted octanol–water partition coefficient (Wildman–Crippen LogP) is 3.03. The van der Waals surface area contributed by atoms with Crippen molar-refractivity contribution in [1.29, 1.82) is 0 Å². The number of methoxy groups -OCH3 is 1. The minimum absolute atomic E-state index is 0.404. The molecule has 0 radical (unpaired) electrons. The molecule has 3 aromatic rings. The first-order chi connectivity index (χ1) is 19.1. The molecule has 1 aromatic heterocycles. The average molecular weight is 534 g/mol. The normalized spacial score (nSPS) is 15.8. The molecule has 0 unspecified atom stereocenters. The molecule has 12 nitrogen and oxygen atoms in total. The van der Waals surface area contributed by atoms with Crippen LogP contribution in [0.2, 0.25) is 0 Å². The van der Waals surface area contributed by atoms with E-state index >= 15 is 0 Å². The van der Waals surface area contributed by atoms with E-state index in [9.17, 15) is 9.59 Å². The van der Waals surface area contributed by atoms with E-state index in [1.807, 2.05) is 12.1 Å². The van der Waals surface area contributed by atoms with Crippen molar-refractivity contribution in [1.82, 2.24) is 15.0 Å². The van der Waals surface area contributed by atoms with Crippen LogP contribution < -0.4 is 20.4 Å². The molecule has 12 heteroatoms. The lowest BCUT2D eigenvalue weighted by Gasteiger charge is -2.28.